The zero-order valence-corrected chi connectivity index (χ0v) is 18.5. The lowest BCUT2D eigenvalue weighted by Gasteiger charge is -2.40. The molecular formula is C22H32N4O4. The summed E-state index contributed by atoms with van der Waals surface area (Å²) in [7, 11) is 1.59. The molecular weight excluding hydrogens is 384 g/mol. The van der Waals surface area contributed by atoms with Gasteiger partial charge in [0.1, 0.15) is 5.60 Å². The van der Waals surface area contributed by atoms with E-state index in [1.54, 1.807) is 29.0 Å². The van der Waals surface area contributed by atoms with Gasteiger partial charge in [-0.3, -0.25) is 14.5 Å². The molecule has 30 heavy (non-hydrogen) atoms. The van der Waals surface area contributed by atoms with E-state index in [4.69, 9.17) is 4.74 Å². The summed E-state index contributed by atoms with van der Waals surface area (Å²) in [6, 6.07) is 5.48. The molecule has 0 spiro atoms. The van der Waals surface area contributed by atoms with Crippen LogP contribution in [0.4, 0.5) is 10.5 Å². The largest absolute Gasteiger partial charge is 0.444 e. The van der Waals surface area contributed by atoms with Crippen LogP contribution in [0.3, 0.4) is 0 Å². The first kappa shape index (κ1) is 22.1. The highest BCUT2D eigenvalue weighted by Gasteiger charge is 2.33. The molecule has 0 saturated carbocycles. The average molecular weight is 417 g/mol. The Morgan fingerprint density at radius 3 is 2.53 bits per heavy atom. The second-order valence-electron chi connectivity index (χ2n) is 8.98. The fourth-order valence-electron chi connectivity index (χ4n) is 3.97. The minimum atomic E-state index is -0.527. The molecule has 1 N–H and O–H groups in total. The van der Waals surface area contributed by atoms with Crippen LogP contribution in [0, 0.1) is 0 Å². The first-order valence-electron chi connectivity index (χ1n) is 10.5. The Morgan fingerprint density at radius 1 is 1.17 bits per heavy atom. The second-order valence-corrected chi connectivity index (χ2v) is 8.98. The molecule has 2 heterocycles. The normalized spacial score (nSPS) is 19.4. The predicted molar refractivity (Wildman–Crippen MR) is 115 cm³/mol. The molecule has 0 radical (unpaired) electrons. The standard InChI is InChI=1S/C22H32N4O4/c1-15-13-24(10-11-25(15)21(29)30-22(2,3)4)14-19(27)26-9-8-16-6-7-17(12-18(16)26)20(28)23-5/h6-7,12,15H,8-11,13-14H2,1-5H3,(H,23,28). The summed E-state index contributed by atoms with van der Waals surface area (Å²) in [5.74, 6) is -0.148. The molecule has 8 nitrogen and oxygen atoms in total. The van der Waals surface area contributed by atoms with Crippen molar-refractivity contribution in [1.82, 2.24) is 15.1 Å². The molecule has 1 aromatic rings. The predicted octanol–water partition coefficient (Wildman–Crippen LogP) is 1.88. The molecule has 1 unspecified atom stereocenters. The number of carbonyl (C=O) groups is 3. The fourth-order valence-corrected chi connectivity index (χ4v) is 3.97. The summed E-state index contributed by atoms with van der Waals surface area (Å²) in [5.41, 5.74) is 1.93. The van der Waals surface area contributed by atoms with Crippen LogP contribution in [-0.2, 0) is 16.0 Å². The van der Waals surface area contributed by atoms with Gasteiger partial charge < -0.3 is 19.9 Å². The summed E-state index contributed by atoms with van der Waals surface area (Å²) in [6.45, 7) is 10.2. The number of fused-ring (bicyclic) bond motifs is 1. The first-order valence-corrected chi connectivity index (χ1v) is 10.5. The first-order chi connectivity index (χ1) is 14.1. The lowest BCUT2D eigenvalue weighted by molar-refractivity contribution is -0.120. The van der Waals surface area contributed by atoms with Gasteiger partial charge in [-0.05, 0) is 51.8 Å². The van der Waals surface area contributed by atoms with Crippen LogP contribution in [0.2, 0.25) is 0 Å². The topological polar surface area (TPSA) is 82.2 Å². The minimum absolute atomic E-state index is 0.0146. The van der Waals surface area contributed by atoms with Crippen LogP contribution in [0.1, 0.15) is 43.6 Å². The van der Waals surface area contributed by atoms with E-state index in [0.717, 1.165) is 17.7 Å². The van der Waals surface area contributed by atoms with Crippen LogP contribution in [0.25, 0.3) is 0 Å². The summed E-state index contributed by atoms with van der Waals surface area (Å²) in [4.78, 5) is 42.9. The monoisotopic (exact) mass is 416 g/mol. The number of carbonyl (C=O) groups excluding carboxylic acids is 3. The number of nitrogens with zero attached hydrogens (tertiary/aromatic N) is 3. The lowest BCUT2D eigenvalue weighted by Crippen LogP contribution is -2.56. The van der Waals surface area contributed by atoms with E-state index in [9.17, 15) is 14.4 Å². The maximum atomic E-state index is 13.0. The highest BCUT2D eigenvalue weighted by molar-refractivity contribution is 6.00. The third-order valence-electron chi connectivity index (χ3n) is 5.47. The number of nitrogens with one attached hydrogen (secondary N) is 1. The Kier molecular flexibility index (Phi) is 6.36. The Labute approximate surface area is 178 Å². The van der Waals surface area contributed by atoms with E-state index in [-0.39, 0.29) is 30.5 Å². The van der Waals surface area contributed by atoms with Gasteiger partial charge in [-0.25, -0.2) is 4.79 Å². The number of hydrogen-bond acceptors (Lipinski definition) is 5. The van der Waals surface area contributed by atoms with Crippen LogP contribution in [0.15, 0.2) is 18.2 Å². The van der Waals surface area contributed by atoms with Gasteiger partial charge in [0.05, 0.1) is 6.54 Å². The fraction of sp³-hybridized carbons (Fsp3) is 0.591. The summed E-state index contributed by atoms with van der Waals surface area (Å²) < 4.78 is 5.48. The van der Waals surface area contributed by atoms with Gasteiger partial charge >= 0.3 is 6.09 Å². The van der Waals surface area contributed by atoms with Crippen molar-refractivity contribution in [2.75, 3.05) is 44.7 Å². The number of benzene rings is 1. The van der Waals surface area contributed by atoms with Gasteiger partial charge in [0.25, 0.3) is 5.91 Å². The number of rotatable bonds is 3. The molecule has 164 valence electrons. The molecule has 2 aliphatic heterocycles. The van der Waals surface area contributed by atoms with Crippen LogP contribution < -0.4 is 10.2 Å². The van der Waals surface area contributed by atoms with Crippen LogP contribution in [0.5, 0.6) is 0 Å². The second kappa shape index (κ2) is 8.63. The molecule has 8 heteroatoms. The van der Waals surface area contributed by atoms with Gasteiger partial charge in [0.15, 0.2) is 0 Å². The quantitative estimate of drug-likeness (QED) is 0.814. The average Bonchev–Trinajstić information content (AvgIpc) is 3.09. The molecule has 1 fully saturated rings. The zero-order valence-electron chi connectivity index (χ0n) is 18.5. The van der Waals surface area contributed by atoms with Gasteiger partial charge in [-0.2, -0.15) is 0 Å². The Hall–Kier alpha value is -2.61. The van der Waals surface area contributed by atoms with Gasteiger partial charge in [0, 0.05) is 50.5 Å². The van der Waals surface area contributed by atoms with E-state index < -0.39 is 5.60 Å². The lowest BCUT2D eigenvalue weighted by atomic mass is 10.1. The molecule has 0 aliphatic carbocycles. The van der Waals surface area contributed by atoms with Crippen LogP contribution >= 0.6 is 0 Å². The molecule has 0 aromatic heterocycles. The Morgan fingerprint density at radius 2 is 1.90 bits per heavy atom. The highest BCUT2D eigenvalue weighted by Crippen LogP contribution is 2.29. The Bertz CT molecular complexity index is 833. The van der Waals surface area contributed by atoms with E-state index in [0.29, 0.717) is 31.7 Å². The van der Waals surface area contributed by atoms with Crippen molar-refractivity contribution in [2.45, 2.75) is 45.8 Å². The number of piperazine rings is 1. The highest BCUT2D eigenvalue weighted by atomic mass is 16.6. The summed E-state index contributed by atoms with van der Waals surface area (Å²) >= 11 is 0. The molecule has 1 atom stereocenters. The third kappa shape index (κ3) is 4.92. The summed E-state index contributed by atoms with van der Waals surface area (Å²) in [5, 5.41) is 2.62. The number of ether oxygens (including phenoxy) is 1. The van der Waals surface area contributed by atoms with Crippen molar-refractivity contribution < 1.29 is 19.1 Å². The SMILES string of the molecule is CNC(=O)c1ccc2c(c1)N(C(=O)CN1CCN(C(=O)OC(C)(C)C)C(C)C1)CC2. The molecule has 1 aromatic carbocycles. The number of amides is 3. The van der Waals surface area contributed by atoms with Crippen LogP contribution in [-0.4, -0.2) is 79.1 Å². The van der Waals surface area contributed by atoms with E-state index in [1.807, 2.05) is 33.8 Å². The van der Waals surface area contributed by atoms with E-state index in [1.165, 1.54) is 0 Å². The maximum absolute atomic E-state index is 13.0. The van der Waals surface area contributed by atoms with Crippen molar-refractivity contribution in [3.05, 3.63) is 29.3 Å². The van der Waals surface area contributed by atoms with Gasteiger partial charge in [0.2, 0.25) is 5.91 Å². The third-order valence-corrected chi connectivity index (χ3v) is 5.47. The zero-order chi connectivity index (χ0) is 22.1. The van der Waals surface area contributed by atoms with E-state index >= 15 is 0 Å². The number of anilines is 1. The van der Waals surface area contributed by atoms with Crippen molar-refractivity contribution >= 4 is 23.6 Å². The molecule has 1 saturated heterocycles. The maximum Gasteiger partial charge on any atom is 0.410 e. The number of hydrogen-bond donors (Lipinski definition) is 1. The van der Waals surface area contributed by atoms with Crippen molar-refractivity contribution in [2.24, 2.45) is 0 Å². The molecule has 2 aliphatic rings. The molecule has 0 bridgehead atoms. The van der Waals surface area contributed by atoms with Crippen molar-refractivity contribution in [3.8, 4) is 0 Å². The molecule has 3 amide bonds. The van der Waals surface area contributed by atoms with Gasteiger partial charge in [-0.1, -0.05) is 6.07 Å². The van der Waals surface area contributed by atoms with Crippen molar-refractivity contribution in [1.29, 1.82) is 0 Å². The Balaban J connectivity index is 1.61. The minimum Gasteiger partial charge on any atom is -0.444 e. The smallest absolute Gasteiger partial charge is 0.410 e. The van der Waals surface area contributed by atoms with E-state index in [2.05, 4.69) is 10.2 Å². The molecule has 3 rings (SSSR count). The van der Waals surface area contributed by atoms with Gasteiger partial charge in [-0.15, -0.1) is 0 Å². The summed E-state index contributed by atoms with van der Waals surface area (Å²) in [6.07, 6.45) is 0.481. The van der Waals surface area contributed by atoms with Crippen molar-refractivity contribution in [3.63, 3.8) is 0 Å².